The van der Waals surface area contributed by atoms with Crippen LogP contribution in [0.5, 0.6) is 0 Å². The summed E-state index contributed by atoms with van der Waals surface area (Å²) in [6.07, 6.45) is 0.418. The maximum absolute atomic E-state index is 13.5. The lowest BCUT2D eigenvalue weighted by Gasteiger charge is -2.41. The fourth-order valence-corrected chi connectivity index (χ4v) is 6.73. The Kier molecular flexibility index (Phi) is 6.94. The fraction of sp³-hybridized carbons (Fsp3) is 0.381. The van der Waals surface area contributed by atoms with Crippen LogP contribution in [0.1, 0.15) is 30.5 Å². The summed E-state index contributed by atoms with van der Waals surface area (Å²) in [7, 11) is -3.88. The molecule has 1 saturated heterocycles. The molecule has 156 valence electrons. The molecule has 5 nitrogen and oxygen atoms in total. The Morgan fingerprint density at radius 2 is 1.93 bits per heavy atom. The van der Waals surface area contributed by atoms with Gasteiger partial charge >= 0.3 is 5.97 Å². The molecule has 1 fully saturated rings. The lowest BCUT2D eigenvalue weighted by Crippen LogP contribution is -2.49. The van der Waals surface area contributed by atoms with Crippen LogP contribution >= 0.6 is 23.4 Å². The zero-order chi connectivity index (χ0) is 21.2. The quantitative estimate of drug-likeness (QED) is 0.691. The number of sulfonamides is 1. The van der Waals surface area contributed by atoms with E-state index in [1.54, 1.807) is 54.2 Å². The first-order valence-electron chi connectivity index (χ1n) is 9.42. The molecule has 0 bridgehead atoms. The number of nitrogens with zero attached hydrogens (tertiary/aromatic N) is 1. The smallest absolute Gasteiger partial charge is 0.308 e. The largest absolute Gasteiger partial charge is 0.481 e. The van der Waals surface area contributed by atoms with Crippen molar-refractivity contribution in [2.45, 2.75) is 36.5 Å². The highest BCUT2D eigenvalue weighted by molar-refractivity contribution is 7.99. The van der Waals surface area contributed by atoms with E-state index in [-0.39, 0.29) is 16.7 Å². The van der Waals surface area contributed by atoms with Gasteiger partial charge in [0.05, 0.1) is 16.9 Å². The summed E-state index contributed by atoms with van der Waals surface area (Å²) in [4.78, 5) is 12.1. The molecule has 3 atom stereocenters. The van der Waals surface area contributed by atoms with E-state index in [0.29, 0.717) is 11.4 Å². The van der Waals surface area contributed by atoms with Crippen LogP contribution in [0.15, 0.2) is 53.4 Å². The normalized spacial score (nSPS) is 23.1. The number of aliphatic carboxylic acids is 1. The average Bonchev–Trinajstić information content (AvgIpc) is 2.68. The second-order valence-corrected chi connectivity index (χ2v) is 11.0. The molecule has 3 rings (SSSR count). The number of carboxylic acids is 1. The maximum Gasteiger partial charge on any atom is 0.308 e. The van der Waals surface area contributed by atoms with Crippen LogP contribution in [0.25, 0.3) is 0 Å². The molecule has 1 heterocycles. The van der Waals surface area contributed by atoms with Crippen molar-refractivity contribution in [2.75, 3.05) is 12.3 Å². The monoisotopic (exact) mass is 453 g/mol. The van der Waals surface area contributed by atoms with Gasteiger partial charge in [-0.05, 0) is 48.9 Å². The molecule has 0 aromatic heterocycles. The predicted octanol–water partition coefficient (Wildman–Crippen LogP) is 4.61. The first kappa shape index (κ1) is 22.2. The number of halogens is 1. The average molecular weight is 454 g/mol. The Bertz CT molecular complexity index is 978. The number of rotatable bonds is 6. The van der Waals surface area contributed by atoms with Crippen molar-refractivity contribution < 1.29 is 18.3 Å². The molecule has 1 N–H and O–H groups in total. The van der Waals surface area contributed by atoms with Gasteiger partial charge in [0.15, 0.2) is 0 Å². The van der Waals surface area contributed by atoms with Gasteiger partial charge in [-0.3, -0.25) is 4.79 Å². The van der Waals surface area contributed by atoms with Crippen LogP contribution in [0.2, 0.25) is 5.02 Å². The van der Waals surface area contributed by atoms with Crippen molar-refractivity contribution in [3.8, 4) is 0 Å². The minimum absolute atomic E-state index is 0.0691. The van der Waals surface area contributed by atoms with E-state index in [1.807, 2.05) is 19.9 Å². The van der Waals surface area contributed by atoms with Gasteiger partial charge in [-0.15, -0.1) is 0 Å². The van der Waals surface area contributed by atoms with Gasteiger partial charge in [-0.1, -0.05) is 48.4 Å². The van der Waals surface area contributed by atoms with Crippen molar-refractivity contribution >= 4 is 39.4 Å². The van der Waals surface area contributed by atoms with Gasteiger partial charge in [-0.25, -0.2) is 8.42 Å². The number of hydrogen-bond acceptors (Lipinski definition) is 4. The number of benzene rings is 2. The summed E-state index contributed by atoms with van der Waals surface area (Å²) in [5.41, 5.74) is 1.73. The predicted molar refractivity (Wildman–Crippen MR) is 117 cm³/mol. The number of thioether (sulfide) groups is 1. The summed E-state index contributed by atoms with van der Waals surface area (Å²) < 4.78 is 28.3. The van der Waals surface area contributed by atoms with Crippen LogP contribution in [-0.2, 0) is 14.8 Å². The molecule has 2 aromatic carbocycles. The summed E-state index contributed by atoms with van der Waals surface area (Å²) >= 11 is 7.74. The Hall–Kier alpha value is -1.54. The van der Waals surface area contributed by atoms with Gasteiger partial charge in [0.1, 0.15) is 0 Å². The molecule has 2 aromatic rings. The number of carboxylic acid groups (broad SMARTS) is 1. The fourth-order valence-electron chi connectivity index (χ4n) is 3.70. The summed E-state index contributed by atoms with van der Waals surface area (Å²) in [5, 5.41) is 10.1. The van der Waals surface area contributed by atoms with Gasteiger partial charge in [-0.2, -0.15) is 16.1 Å². The van der Waals surface area contributed by atoms with Gasteiger partial charge in [0.25, 0.3) is 0 Å². The van der Waals surface area contributed by atoms with Crippen LogP contribution in [-0.4, -0.2) is 41.3 Å². The zero-order valence-corrected chi connectivity index (χ0v) is 18.7. The lowest BCUT2D eigenvalue weighted by atomic mass is 9.90. The molecule has 0 saturated carbocycles. The van der Waals surface area contributed by atoms with E-state index >= 15 is 0 Å². The van der Waals surface area contributed by atoms with Crippen molar-refractivity contribution in [1.82, 2.24) is 4.31 Å². The summed E-state index contributed by atoms with van der Waals surface area (Å²) in [6, 6.07) is 13.3. The van der Waals surface area contributed by atoms with Crippen molar-refractivity contribution in [3.05, 3.63) is 64.7 Å². The Morgan fingerprint density at radius 3 is 2.52 bits per heavy atom. The molecule has 1 aliphatic heterocycles. The summed E-state index contributed by atoms with van der Waals surface area (Å²) in [6.45, 7) is 3.80. The highest BCUT2D eigenvalue weighted by Gasteiger charge is 2.45. The second-order valence-electron chi connectivity index (χ2n) is 7.13. The topological polar surface area (TPSA) is 74.7 Å². The Balaban J connectivity index is 2.08. The summed E-state index contributed by atoms with van der Waals surface area (Å²) in [5.74, 6) is -0.971. The standard InChI is InChI=1S/C21H24ClNO4S2/c1-3-28-20-12-19(15-5-4-6-16(22)11-15)23(13-18(20)21(24)25)29(26,27)17-9-7-14(2)8-10-17/h4-11,18-20H,3,12-13H2,1-2H3,(H,24,25)/t18-,19+,20-/m1/s1. The van der Waals surface area contributed by atoms with Crippen molar-refractivity contribution in [2.24, 2.45) is 5.92 Å². The van der Waals surface area contributed by atoms with E-state index in [1.165, 1.54) is 4.31 Å². The van der Waals surface area contributed by atoms with Crippen LogP contribution in [0.3, 0.4) is 0 Å². The van der Waals surface area contributed by atoms with E-state index < -0.39 is 28.0 Å². The van der Waals surface area contributed by atoms with E-state index in [4.69, 9.17) is 11.6 Å². The first-order chi connectivity index (χ1) is 13.7. The second kappa shape index (κ2) is 9.08. The third kappa shape index (κ3) is 4.79. The molecule has 0 aliphatic carbocycles. The Labute approximate surface area is 181 Å². The molecule has 0 unspecified atom stereocenters. The molecule has 0 amide bonds. The van der Waals surface area contributed by atoms with E-state index in [2.05, 4.69) is 0 Å². The van der Waals surface area contributed by atoms with Gasteiger partial charge in [0, 0.05) is 16.8 Å². The molecular weight excluding hydrogens is 430 g/mol. The minimum atomic E-state index is -3.88. The third-order valence-electron chi connectivity index (χ3n) is 5.19. The zero-order valence-electron chi connectivity index (χ0n) is 16.3. The molecule has 29 heavy (non-hydrogen) atoms. The number of piperidine rings is 1. The molecule has 0 spiro atoms. The minimum Gasteiger partial charge on any atom is -0.481 e. The molecule has 1 aliphatic rings. The maximum atomic E-state index is 13.5. The first-order valence-corrected chi connectivity index (χ1v) is 12.3. The van der Waals surface area contributed by atoms with Crippen LogP contribution < -0.4 is 0 Å². The van der Waals surface area contributed by atoms with Crippen LogP contribution in [0, 0.1) is 12.8 Å². The SMILES string of the molecule is CCS[C@@H]1C[C@@H](c2cccc(Cl)c2)N(S(=O)(=O)c2ccc(C)cc2)C[C@H]1C(=O)O. The van der Waals surface area contributed by atoms with Crippen molar-refractivity contribution in [3.63, 3.8) is 0 Å². The molecule has 8 heteroatoms. The number of carbonyl (C=O) groups is 1. The molecular formula is C21H24ClNO4S2. The van der Waals surface area contributed by atoms with Gasteiger partial charge < -0.3 is 5.11 Å². The highest BCUT2D eigenvalue weighted by atomic mass is 35.5. The van der Waals surface area contributed by atoms with Gasteiger partial charge in [0.2, 0.25) is 10.0 Å². The van der Waals surface area contributed by atoms with E-state index in [9.17, 15) is 18.3 Å². The third-order valence-corrected chi connectivity index (χ3v) is 8.59. The highest BCUT2D eigenvalue weighted by Crippen LogP contribution is 2.42. The van der Waals surface area contributed by atoms with E-state index in [0.717, 1.165) is 16.9 Å². The molecule has 0 radical (unpaired) electrons. The number of hydrogen-bond donors (Lipinski definition) is 1. The van der Waals surface area contributed by atoms with Crippen molar-refractivity contribution in [1.29, 1.82) is 0 Å². The Morgan fingerprint density at radius 1 is 1.24 bits per heavy atom. The van der Waals surface area contributed by atoms with Crippen LogP contribution in [0.4, 0.5) is 0 Å². The number of aryl methyl sites for hydroxylation is 1. The lowest BCUT2D eigenvalue weighted by molar-refractivity contribution is -0.143.